The number of halogens is 1. The molecular weight excluding hydrogens is 475 g/mol. The largest absolute Gasteiger partial charge is 0.443 e. The highest BCUT2D eigenvalue weighted by atomic mass is 19.1. The number of para-hydroxylation sites is 2. The summed E-state index contributed by atoms with van der Waals surface area (Å²) in [5, 5.41) is 0. The minimum atomic E-state index is -1.75. The van der Waals surface area contributed by atoms with E-state index in [4.69, 9.17) is 4.74 Å². The average Bonchev–Trinajstić information content (AvgIpc) is 3.29. The molecule has 0 saturated carbocycles. The van der Waals surface area contributed by atoms with Crippen molar-refractivity contribution in [3.63, 3.8) is 0 Å². The second-order valence-electron chi connectivity index (χ2n) is 10.1. The number of carbonyl (C=O) groups is 4. The van der Waals surface area contributed by atoms with E-state index in [1.807, 2.05) is 0 Å². The minimum Gasteiger partial charge on any atom is -0.443 e. The topological polar surface area (TPSA) is 84.0 Å². The second-order valence-corrected chi connectivity index (χ2v) is 10.1. The van der Waals surface area contributed by atoms with Gasteiger partial charge < -0.3 is 4.74 Å². The third-order valence-electron chi connectivity index (χ3n) is 6.67. The van der Waals surface area contributed by atoms with E-state index in [2.05, 4.69) is 0 Å². The maximum Gasteiger partial charge on any atom is 0.421 e. The van der Waals surface area contributed by atoms with E-state index in [1.54, 1.807) is 75.4 Å². The van der Waals surface area contributed by atoms with Crippen LogP contribution in [0.1, 0.15) is 38.3 Å². The number of amides is 4. The van der Waals surface area contributed by atoms with E-state index in [0.29, 0.717) is 16.8 Å². The summed E-state index contributed by atoms with van der Waals surface area (Å²) in [6.45, 7) is 5.05. The van der Waals surface area contributed by atoms with Gasteiger partial charge in [-0.1, -0.05) is 48.5 Å². The number of hydrogen-bond donors (Lipinski definition) is 0. The highest BCUT2D eigenvalue weighted by Crippen LogP contribution is 2.54. The molecule has 3 aromatic carbocycles. The van der Waals surface area contributed by atoms with Crippen LogP contribution >= 0.6 is 0 Å². The molecule has 0 aliphatic carbocycles. The van der Waals surface area contributed by atoms with Gasteiger partial charge in [0.05, 0.1) is 17.3 Å². The molecule has 1 fully saturated rings. The lowest BCUT2D eigenvalue weighted by Gasteiger charge is -2.33. The predicted molar refractivity (Wildman–Crippen MR) is 134 cm³/mol. The van der Waals surface area contributed by atoms with Crippen molar-refractivity contribution >= 4 is 35.2 Å². The fraction of sp³-hybridized carbons (Fsp3) is 0.241. The van der Waals surface area contributed by atoms with E-state index in [0.717, 1.165) is 9.80 Å². The van der Waals surface area contributed by atoms with Crippen molar-refractivity contribution in [2.45, 2.75) is 38.2 Å². The van der Waals surface area contributed by atoms with Gasteiger partial charge in [-0.25, -0.2) is 14.1 Å². The Bertz CT molecular complexity index is 1410. The van der Waals surface area contributed by atoms with Crippen LogP contribution in [0.2, 0.25) is 0 Å². The summed E-state index contributed by atoms with van der Waals surface area (Å²) in [4.78, 5) is 56.9. The Kier molecular flexibility index (Phi) is 5.70. The summed E-state index contributed by atoms with van der Waals surface area (Å²) >= 11 is 0. The summed E-state index contributed by atoms with van der Waals surface area (Å²) in [5.41, 5.74) is -1.33. The zero-order valence-electron chi connectivity index (χ0n) is 20.6. The SMILES string of the molecule is CC(C)(C)OC(=O)N1C(=O)[C@](c2ccc(F)cc2)([C@H]2CC(=O)N(c3ccccc3)C2=O)c2ccccc21. The molecule has 0 aromatic heterocycles. The Hall–Kier alpha value is -4.33. The summed E-state index contributed by atoms with van der Waals surface area (Å²) in [7, 11) is 0. The van der Waals surface area contributed by atoms with Gasteiger partial charge >= 0.3 is 6.09 Å². The summed E-state index contributed by atoms with van der Waals surface area (Å²) in [6.07, 6.45) is -1.17. The van der Waals surface area contributed by atoms with Crippen LogP contribution in [-0.2, 0) is 24.5 Å². The van der Waals surface area contributed by atoms with Crippen molar-refractivity contribution in [1.82, 2.24) is 0 Å². The number of nitrogens with zero attached hydrogens (tertiary/aromatic N) is 2. The highest BCUT2D eigenvalue weighted by molar-refractivity contribution is 6.28. The molecule has 37 heavy (non-hydrogen) atoms. The first-order chi connectivity index (χ1) is 17.6. The zero-order chi connectivity index (χ0) is 26.5. The monoisotopic (exact) mass is 500 g/mol. The van der Waals surface area contributed by atoms with Crippen LogP contribution in [0.15, 0.2) is 78.9 Å². The van der Waals surface area contributed by atoms with E-state index >= 15 is 0 Å². The van der Waals surface area contributed by atoms with Gasteiger partial charge in [-0.15, -0.1) is 0 Å². The number of hydrogen-bond acceptors (Lipinski definition) is 5. The molecule has 0 unspecified atom stereocenters. The second kappa shape index (κ2) is 8.65. The molecule has 0 radical (unpaired) electrons. The third-order valence-corrected chi connectivity index (χ3v) is 6.67. The Morgan fingerprint density at radius 3 is 2.19 bits per heavy atom. The molecule has 2 atom stereocenters. The highest BCUT2D eigenvalue weighted by Gasteiger charge is 2.64. The standard InChI is InChI=1S/C29H25FN2O5/c1-28(2,3)37-27(36)32-23-12-8-7-11-21(23)29(26(32)35,18-13-15-19(30)16-14-18)22-17-24(33)31(25(22)34)20-9-5-4-6-10-20/h4-16,22H,17H2,1-3H3/t22-,29-/m0/s1. The van der Waals surface area contributed by atoms with Gasteiger partial charge in [-0.05, 0) is 62.2 Å². The van der Waals surface area contributed by atoms with Crippen LogP contribution < -0.4 is 9.80 Å². The third kappa shape index (κ3) is 3.80. The fourth-order valence-corrected chi connectivity index (χ4v) is 5.24. The normalized spacial score (nSPS) is 21.4. The van der Waals surface area contributed by atoms with E-state index in [1.165, 1.54) is 24.3 Å². The molecule has 2 aliphatic rings. The summed E-state index contributed by atoms with van der Waals surface area (Å²) in [5.74, 6) is -3.47. The molecule has 1 saturated heterocycles. The number of imide groups is 2. The smallest absolute Gasteiger partial charge is 0.421 e. The van der Waals surface area contributed by atoms with Crippen LogP contribution in [0.3, 0.4) is 0 Å². The Balaban J connectivity index is 1.73. The Labute approximate surface area is 213 Å². The van der Waals surface area contributed by atoms with Gasteiger partial charge in [-0.2, -0.15) is 0 Å². The van der Waals surface area contributed by atoms with Crippen molar-refractivity contribution in [2.24, 2.45) is 5.92 Å². The lowest BCUT2D eigenvalue weighted by Crippen LogP contribution is -2.51. The van der Waals surface area contributed by atoms with Crippen molar-refractivity contribution in [3.8, 4) is 0 Å². The van der Waals surface area contributed by atoms with Crippen LogP contribution in [0, 0.1) is 11.7 Å². The maximum atomic E-state index is 14.4. The molecule has 7 nitrogen and oxygen atoms in total. The van der Waals surface area contributed by atoms with Gasteiger partial charge in [0.15, 0.2) is 0 Å². The van der Waals surface area contributed by atoms with Crippen molar-refractivity contribution in [1.29, 1.82) is 0 Å². The first-order valence-electron chi connectivity index (χ1n) is 11.9. The molecule has 0 spiro atoms. The van der Waals surface area contributed by atoms with Crippen LogP contribution in [0.4, 0.5) is 20.6 Å². The Morgan fingerprint density at radius 1 is 0.919 bits per heavy atom. The lowest BCUT2D eigenvalue weighted by molar-refractivity contribution is -0.130. The van der Waals surface area contributed by atoms with Crippen molar-refractivity contribution < 1.29 is 28.3 Å². The first-order valence-corrected chi connectivity index (χ1v) is 11.9. The van der Waals surface area contributed by atoms with Crippen molar-refractivity contribution in [2.75, 3.05) is 9.80 Å². The van der Waals surface area contributed by atoms with Crippen molar-refractivity contribution in [3.05, 3.63) is 95.8 Å². The molecule has 8 heteroatoms. The number of ether oxygens (including phenoxy) is 1. The van der Waals surface area contributed by atoms with Gasteiger partial charge in [0.1, 0.15) is 16.8 Å². The summed E-state index contributed by atoms with van der Waals surface area (Å²) in [6, 6.07) is 20.3. The number of rotatable bonds is 3. The molecular formula is C29H25FN2O5. The van der Waals surface area contributed by atoms with Crippen LogP contribution in [0.25, 0.3) is 0 Å². The molecule has 3 aromatic rings. The summed E-state index contributed by atoms with van der Waals surface area (Å²) < 4.78 is 19.5. The quantitative estimate of drug-likeness (QED) is 0.474. The number of carbonyl (C=O) groups excluding carboxylic acids is 4. The lowest BCUT2D eigenvalue weighted by atomic mass is 9.65. The number of fused-ring (bicyclic) bond motifs is 1. The maximum absolute atomic E-state index is 14.4. The van der Waals surface area contributed by atoms with Crippen LogP contribution in [-0.4, -0.2) is 29.4 Å². The van der Waals surface area contributed by atoms with E-state index < -0.39 is 46.6 Å². The molecule has 2 heterocycles. The first kappa shape index (κ1) is 24.4. The molecule has 5 rings (SSSR count). The Morgan fingerprint density at radius 2 is 1.54 bits per heavy atom. The molecule has 2 aliphatic heterocycles. The van der Waals surface area contributed by atoms with E-state index in [9.17, 15) is 23.6 Å². The molecule has 4 amide bonds. The molecule has 0 bridgehead atoms. The predicted octanol–water partition coefficient (Wildman–Crippen LogP) is 4.97. The number of anilines is 2. The average molecular weight is 501 g/mol. The number of benzene rings is 3. The fourth-order valence-electron chi connectivity index (χ4n) is 5.24. The molecule has 0 N–H and O–H groups in total. The van der Waals surface area contributed by atoms with Gasteiger partial charge in [0.2, 0.25) is 11.8 Å². The molecule has 188 valence electrons. The van der Waals surface area contributed by atoms with Gasteiger partial charge in [0.25, 0.3) is 5.91 Å². The van der Waals surface area contributed by atoms with Gasteiger partial charge in [-0.3, -0.25) is 19.3 Å². The van der Waals surface area contributed by atoms with E-state index in [-0.39, 0.29) is 12.1 Å². The minimum absolute atomic E-state index is 0.254. The van der Waals surface area contributed by atoms with Crippen LogP contribution in [0.5, 0.6) is 0 Å². The van der Waals surface area contributed by atoms with Gasteiger partial charge in [0, 0.05) is 6.42 Å². The zero-order valence-corrected chi connectivity index (χ0v) is 20.6.